The van der Waals surface area contributed by atoms with Crippen LogP contribution in [0, 0.1) is 0 Å². The SMILES string of the molecule is CCOc1ccccc1CCCNC(=O)c1cc(NS(=O)(=O)c2ccccc2)ccc1Cl. The molecule has 0 bridgehead atoms. The van der Waals surface area contributed by atoms with Gasteiger partial charge in [0.25, 0.3) is 15.9 Å². The maximum atomic E-state index is 12.6. The summed E-state index contributed by atoms with van der Waals surface area (Å²) in [6.45, 7) is 2.97. The highest BCUT2D eigenvalue weighted by atomic mass is 35.5. The predicted molar refractivity (Wildman–Crippen MR) is 127 cm³/mol. The number of anilines is 1. The molecule has 0 fully saturated rings. The number of aryl methyl sites for hydroxylation is 1. The molecule has 0 radical (unpaired) electrons. The van der Waals surface area contributed by atoms with E-state index in [-0.39, 0.29) is 27.1 Å². The predicted octanol–water partition coefficient (Wildman–Crippen LogP) is 4.90. The van der Waals surface area contributed by atoms with E-state index in [9.17, 15) is 13.2 Å². The molecule has 0 saturated carbocycles. The second-order valence-electron chi connectivity index (χ2n) is 7.01. The zero-order chi connectivity index (χ0) is 23.0. The second-order valence-corrected chi connectivity index (χ2v) is 9.10. The average Bonchev–Trinajstić information content (AvgIpc) is 2.79. The topological polar surface area (TPSA) is 84.5 Å². The first-order chi connectivity index (χ1) is 15.4. The van der Waals surface area contributed by atoms with Crippen LogP contribution in [0.5, 0.6) is 5.75 Å². The van der Waals surface area contributed by atoms with Gasteiger partial charge in [-0.3, -0.25) is 9.52 Å². The lowest BCUT2D eigenvalue weighted by Gasteiger charge is -2.12. The Hall–Kier alpha value is -3.03. The van der Waals surface area contributed by atoms with Gasteiger partial charge in [-0.2, -0.15) is 0 Å². The lowest BCUT2D eigenvalue weighted by atomic mass is 10.1. The Morgan fingerprint density at radius 3 is 2.47 bits per heavy atom. The van der Waals surface area contributed by atoms with Crippen LogP contribution in [-0.2, 0) is 16.4 Å². The second kappa shape index (κ2) is 11.0. The van der Waals surface area contributed by atoms with Gasteiger partial charge in [0.15, 0.2) is 0 Å². The highest BCUT2D eigenvalue weighted by molar-refractivity contribution is 7.92. The number of rotatable bonds is 10. The average molecular weight is 473 g/mol. The summed E-state index contributed by atoms with van der Waals surface area (Å²) < 4.78 is 33.2. The molecule has 3 rings (SSSR count). The normalized spacial score (nSPS) is 11.1. The molecule has 3 aromatic rings. The summed E-state index contributed by atoms with van der Waals surface area (Å²) in [5, 5.41) is 3.08. The number of nitrogens with one attached hydrogen (secondary N) is 2. The van der Waals surface area contributed by atoms with Crippen molar-refractivity contribution < 1.29 is 17.9 Å². The molecule has 32 heavy (non-hydrogen) atoms. The summed E-state index contributed by atoms with van der Waals surface area (Å²) in [6, 6.07) is 20.3. The monoisotopic (exact) mass is 472 g/mol. The molecule has 6 nitrogen and oxygen atoms in total. The van der Waals surface area contributed by atoms with Gasteiger partial charge in [0.1, 0.15) is 5.75 Å². The quantitative estimate of drug-likeness (QED) is 0.411. The molecule has 0 atom stereocenters. The number of para-hydroxylation sites is 1. The Bertz CT molecular complexity index is 1170. The van der Waals surface area contributed by atoms with E-state index in [0.717, 1.165) is 17.7 Å². The molecule has 0 heterocycles. The Kier molecular flexibility index (Phi) is 8.14. The van der Waals surface area contributed by atoms with Crippen molar-refractivity contribution in [1.29, 1.82) is 0 Å². The van der Waals surface area contributed by atoms with Crippen molar-refractivity contribution in [3.63, 3.8) is 0 Å². The van der Waals surface area contributed by atoms with Gasteiger partial charge in [-0.25, -0.2) is 8.42 Å². The van der Waals surface area contributed by atoms with Crippen LogP contribution < -0.4 is 14.8 Å². The molecule has 0 aliphatic carbocycles. The third-order valence-electron chi connectivity index (χ3n) is 4.70. The summed E-state index contributed by atoms with van der Waals surface area (Å²) in [5.41, 5.74) is 1.54. The molecule has 0 aliphatic rings. The fourth-order valence-corrected chi connectivity index (χ4v) is 4.43. The van der Waals surface area contributed by atoms with Crippen LogP contribution in [0.25, 0.3) is 0 Å². The molecule has 168 valence electrons. The molecular formula is C24H25ClN2O4S. The highest BCUT2D eigenvalue weighted by Gasteiger charge is 2.16. The lowest BCUT2D eigenvalue weighted by molar-refractivity contribution is 0.0953. The van der Waals surface area contributed by atoms with E-state index in [1.54, 1.807) is 18.2 Å². The first kappa shape index (κ1) is 23.6. The van der Waals surface area contributed by atoms with Crippen LogP contribution in [0.2, 0.25) is 5.02 Å². The zero-order valence-corrected chi connectivity index (χ0v) is 19.2. The van der Waals surface area contributed by atoms with E-state index in [1.165, 1.54) is 30.3 Å². The molecule has 1 amide bonds. The van der Waals surface area contributed by atoms with Crippen molar-refractivity contribution in [2.24, 2.45) is 0 Å². The number of benzene rings is 3. The van der Waals surface area contributed by atoms with Crippen molar-refractivity contribution >= 4 is 33.2 Å². The van der Waals surface area contributed by atoms with Gasteiger partial charge < -0.3 is 10.1 Å². The summed E-state index contributed by atoms with van der Waals surface area (Å²) in [5.74, 6) is 0.483. The summed E-state index contributed by atoms with van der Waals surface area (Å²) in [7, 11) is -3.77. The van der Waals surface area contributed by atoms with Crippen LogP contribution in [0.1, 0.15) is 29.3 Å². The Morgan fingerprint density at radius 1 is 1.00 bits per heavy atom. The van der Waals surface area contributed by atoms with Gasteiger partial charge in [-0.1, -0.05) is 48.0 Å². The van der Waals surface area contributed by atoms with E-state index in [2.05, 4.69) is 10.0 Å². The number of ether oxygens (including phenoxy) is 1. The van der Waals surface area contributed by atoms with Crippen molar-refractivity contribution in [3.8, 4) is 5.75 Å². The Balaban J connectivity index is 1.61. The fourth-order valence-electron chi connectivity index (χ4n) is 3.16. The largest absolute Gasteiger partial charge is 0.494 e. The smallest absolute Gasteiger partial charge is 0.261 e. The third-order valence-corrected chi connectivity index (χ3v) is 6.42. The van der Waals surface area contributed by atoms with Crippen LogP contribution in [-0.4, -0.2) is 27.5 Å². The van der Waals surface area contributed by atoms with Crippen LogP contribution in [0.15, 0.2) is 77.7 Å². The molecule has 0 spiro atoms. The molecule has 0 unspecified atom stereocenters. The van der Waals surface area contributed by atoms with E-state index < -0.39 is 10.0 Å². The minimum absolute atomic E-state index is 0.133. The van der Waals surface area contributed by atoms with Crippen LogP contribution in [0.3, 0.4) is 0 Å². The summed E-state index contributed by atoms with van der Waals surface area (Å²) >= 11 is 6.19. The molecule has 3 aromatic carbocycles. The van der Waals surface area contributed by atoms with Gasteiger partial charge in [-0.15, -0.1) is 0 Å². The van der Waals surface area contributed by atoms with Gasteiger partial charge in [0.2, 0.25) is 0 Å². The molecule has 0 saturated heterocycles. The lowest BCUT2D eigenvalue weighted by Crippen LogP contribution is -2.25. The van der Waals surface area contributed by atoms with Crippen molar-refractivity contribution in [1.82, 2.24) is 5.32 Å². The number of sulfonamides is 1. The molecule has 8 heteroatoms. The highest BCUT2D eigenvalue weighted by Crippen LogP contribution is 2.23. The number of hydrogen-bond donors (Lipinski definition) is 2. The number of carbonyl (C=O) groups excluding carboxylic acids is 1. The standard InChI is InChI=1S/C24H25ClN2O4S/c1-2-31-23-13-7-6-9-18(23)10-8-16-26-24(28)21-17-19(14-15-22(21)25)27-32(29,30)20-11-4-3-5-12-20/h3-7,9,11-15,17,27H,2,8,10,16H2,1H3,(H,26,28). The number of halogens is 1. The Labute approximate surface area is 193 Å². The molecule has 2 N–H and O–H groups in total. The minimum Gasteiger partial charge on any atom is -0.494 e. The van der Waals surface area contributed by atoms with Gasteiger partial charge in [0, 0.05) is 12.2 Å². The number of amides is 1. The maximum Gasteiger partial charge on any atom is 0.261 e. The maximum absolute atomic E-state index is 12.6. The molecule has 0 aromatic heterocycles. The first-order valence-electron chi connectivity index (χ1n) is 10.3. The van der Waals surface area contributed by atoms with E-state index in [4.69, 9.17) is 16.3 Å². The molecular weight excluding hydrogens is 448 g/mol. The van der Waals surface area contributed by atoms with Crippen molar-refractivity contribution in [2.45, 2.75) is 24.7 Å². The fraction of sp³-hybridized carbons (Fsp3) is 0.208. The molecule has 0 aliphatic heterocycles. The van der Waals surface area contributed by atoms with Crippen molar-refractivity contribution in [3.05, 3.63) is 88.9 Å². The van der Waals surface area contributed by atoms with Crippen LogP contribution in [0.4, 0.5) is 5.69 Å². The summed E-state index contributed by atoms with van der Waals surface area (Å²) in [4.78, 5) is 12.8. The Morgan fingerprint density at radius 2 is 1.72 bits per heavy atom. The minimum atomic E-state index is -3.77. The summed E-state index contributed by atoms with van der Waals surface area (Å²) in [6.07, 6.45) is 1.47. The van der Waals surface area contributed by atoms with Gasteiger partial charge >= 0.3 is 0 Å². The van der Waals surface area contributed by atoms with E-state index >= 15 is 0 Å². The number of hydrogen-bond acceptors (Lipinski definition) is 4. The van der Waals surface area contributed by atoms with E-state index in [0.29, 0.717) is 19.6 Å². The van der Waals surface area contributed by atoms with Crippen LogP contribution >= 0.6 is 11.6 Å². The van der Waals surface area contributed by atoms with E-state index in [1.807, 2.05) is 31.2 Å². The third kappa shape index (κ3) is 6.24. The van der Waals surface area contributed by atoms with Crippen molar-refractivity contribution in [2.75, 3.05) is 17.9 Å². The zero-order valence-electron chi connectivity index (χ0n) is 17.7. The first-order valence-corrected chi connectivity index (χ1v) is 12.1. The van der Waals surface area contributed by atoms with Gasteiger partial charge in [0.05, 0.1) is 22.1 Å². The number of carbonyl (C=O) groups is 1. The van der Waals surface area contributed by atoms with Gasteiger partial charge in [-0.05, 0) is 61.7 Å².